The van der Waals surface area contributed by atoms with Crippen molar-refractivity contribution >= 4 is 11.6 Å². The van der Waals surface area contributed by atoms with Crippen molar-refractivity contribution in [2.45, 2.75) is 32.1 Å². The monoisotopic (exact) mass is 290 g/mol. The summed E-state index contributed by atoms with van der Waals surface area (Å²) >= 11 is 5.52. The van der Waals surface area contributed by atoms with Crippen molar-refractivity contribution in [3.63, 3.8) is 0 Å². The molecule has 0 N–H and O–H groups in total. The number of alkyl halides is 6. The first kappa shape index (κ1) is 15.1. The second kappa shape index (κ2) is 4.64. The standard InChI is InChI=1S/C11H9ClF6/c1-5(2)7-3-6(10(13,14)15)4-8(9(7)12)11(16,17)18/h3-5H,1-2H3. The van der Waals surface area contributed by atoms with Crippen LogP contribution in [0.4, 0.5) is 26.3 Å². The fourth-order valence-corrected chi connectivity index (χ4v) is 1.87. The molecule has 0 aromatic heterocycles. The normalized spacial score (nSPS) is 13.2. The average Bonchev–Trinajstić information content (AvgIpc) is 2.13. The zero-order valence-corrected chi connectivity index (χ0v) is 10.1. The summed E-state index contributed by atoms with van der Waals surface area (Å²) in [7, 11) is 0. The van der Waals surface area contributed by atoms with Gasteiger partial charge in [-0.2, -0.15) is 26.3 Å². The average molecular weight is 291 g/mol. The Bertz CT molecular complexity index is 444. The quantitative estimate of drug-likeness (QED) is 0.599. The van der Waals surface area contributed by atoms with Crippen molar-refractivity contribution in [1.29, 1.82) is 0 Å². The number of rotatable bonds is 1. The molecule has 0 bridgehead atoms. The Morgan fingerprint density at radius 1 is 0.944 bits per heavy atom. The maximum Gasteiger partial charge on any atom is 0.417 e. The van der Waals surface area contributed by atoms with Crippen LogP contribution in [0.15, 0.2) is 12.1 Å². The molecule has 0 fully saturated rings. The first-order valence-corrected chi connectivity index (χ1v) is 5.30. The van der Waals surface area contributed by atoms with E-state index in [1.54, 1.807) is 0 Å². The predicted molar refractivity (Wildman–Crippen MR) is 55.5 cm³/mol. The van der Waals surface area contributed by atoms with E-state index in [-0.39, 0.29) is 11.6 Å². The van der Waals surface area contributed by atoms with Crippen LogP contribution < -0.4 is 0 Å². The zero-order chi connectivity index (χ0) is 14.3. The molecule has 1 rings (SSSR count). The minimum absolute atomic E-state index is 0.0359. The molecule has 0 saturated carbocycles. The summed E-state index contributed by atoms with van der Waals surface area (Å²) in [4.78, 5) is 0. The molecular weight excluding hydrogens is 282 g/mol. The van der Waals surface area contributed by atoms with E-state index in [1.165, 1.54) is 13.8 Å². The van der Waals surface area contributed by atoms with Gasteiger partial charge in [0.05, 0.1) is 16.1 Å². The van der Waals surface area contributed by atoms with Gasteiger partial charge in [-0.25, -0.2) is 0 Å². The third kappa shape index (κ3) is 3.10. The first-order chi connectivity index (χ1) is 7.94. The summed E-state index contributed by atoms with van der Waals surface area (Å²) in [5.74, 6) is -0.541. The highest BCUT2D eigenvalue weighted by molar-refractivity contribution is 6.32. The second-order valence-electron chi connectivity index (χ2n) is 4.08. The fourth-order valence-electron chi connectivity index (χ4n) is 1.44. The molecule has 0 spiro atoms. The lowest BCUT2D eigenvalue weighted by molar-refractivity contribution is -0.143. The first-order valence-electron chi connectivity index (χ1n) is 4.92. The molecule has 0 amide bonds. The van der Waals surface area contributed by atoms with Crippen LogP contribution in [0.1, 0.15) is 36.5 Å². The third-order valence-corrected chi connectivity index (χ3v) is 2.78. The molecular formula is C11H9ClF6. The van der Waals surface area contributed by atoms with E-state index in [9.17, 15) is 26.3 Å². The topological polar surface area (TPSA) is 0 Å². The molecule has 7 heteroatoms. The SMILES string of the molecule is CC(C)c1cc(C(F)(F)F)cc(C(F)(F)F)c1Cl. The van der Waals surface area contributed by atoms with Crippen molar-refractivity contribution in [3.05, 3.63) is 33.8 Å². The van der Waals surface area contributed by atoms with Gasteiger partial charge in [-0.15, -0.1) is 0 Å². The van der Waals surface area contributed by atoms with Crippen molar-refractivity contribution < 1.29 is 26.3 Å². The minimum Gasteiger partial charge on any atom is -0.166 e. The van der Waals surface area contributed by atoms with E-state index in [2.05, 4.69) is 0 Å². The van der Waals surface area contributed by atoms with Crippen LogP contribution >= 0.6 is 11.6 Å². The van der Waals surface area contributed by atoms with Crippen LogP contribution in [0.25, 0.3) is 0 Å². The molecule has 1 aromatic carbocycles. The maximum absolute atomic E-state index is 12.6. The lowest BCUT2D eigenvalue weighted by Crippen LogP contribution is -2.13. The van der Waals surface area contributed by atoms with Crippen molar-refractivity contribution in [3.8, 4) is 0 Å². The molecule has 0 heterocycles. The summed E-state index contributed by atoms with van der Waals surface area (Å²) in [6, 6.07) is 0.691. The van der Waals surface area contributed by atoms with Gasteiger partial charge in [0.15, 0.2) is 0 Å². The van der Waals surface area contributed by atoms with Gasteiger partial charge in [0, 0.05) is 0 Å². The smallest absolute Gasteiger partial charge is 0.166 e. The molecule has 102 valence electrons. The molecule has 18 heavy (non-hydrogen) atoms. The predicted octanol–water partition coefficient (Wildman–Crippen LogP) is 5.50. The summed E-state index contributed by atoms with van der Waals surface area (Å²) < 4.78 is 75.4. The molecule has 0 atom stereocenters. The summed E-state index contributed by atoms with van der Waals surface area (Å²) in [6.45, 7) is 2.95. The van der Waals surface area contributed by atoms with E-state index < -0.39 is 34.4 Å². The molecule has 1 aromatic rings. The van der Waals surface area contributed by atoms with Gasteiger partial charge in [0.25, 0.3) is 0 Å². The van der Waals surface area contributed by atoms with Crippen molar-refractivity contribution in [1.82, 2.24) is 0 Å². The Kier molecular flexibility index (Phi) is 3.91. The zero-order valence-electron chi connectivity index (χ0n) is 9.38. The van der Waals surface area contributed by atoms with Gasteiger partial charge in [0.1, 0.15) is 0 Å². The second-order valence-corrected chi connectivity index (χ2v) is 4.46. The van der Waals surface area contributed by atoms with Crippen LogP contribution in [-0.2, 0) is 12.4 Å². The van der Waals surface area contributed by atoms with E-state index in [0.29, 0.717) is 6.07 Å². The molecule has 0 unspecified atom stereocenters. The van der Waals surface area contributed by atoms with Crippen LogP contribution in [0.5, 0.6) is 0 Å². The minimum atomic E-state index is -4.91. The van der Waals surface area contributed by atoms with Gasteiger partial charge >= 0.3 is 12.4 Å². The number of hydrogen-bond acceptors (Lipinski definition) is 0. The Morgan fingerprint density at radius 2 is 1.44 bits per heavy atom. The highest BCUT2D eigenvalue weighted by Crippen LogP contribution is 2.42. The molecule has 0 aliphatic carbocycles. The van der Waals surface area contributed by atoms with Gasteiger partial charge in [-0.05, 0) is 23.6 Å². The number of halogens is 7. The summed E-state index contributed by atoms with van der Waals surface area (Å²) in [5.41, 5.74) is -2.97. The Balaban J connectivity index is 3.58. The third-order valence-electron chi connectivity index (χ3n) is 2.36. The van der Waals surface area contributed by atoms with Crippen molar-refractivity contribution in [2.75, 3.05) is 0 Å². The van der Waals surface area contributed by atoms with E-state index >= 15 is 0 Å². The molecule has 0 aliphatic rings. The van der Waals surface area contributed by atoms with Crippen LogP contribution in [0, 0.1) is 0 Å². The largest absolute Gasteiger partial charge is 0.417 e. The van der Waals surface area contributed by atoms with E-state index in [4.69, 9.17) is 11.6 Å². The Morgan fingerprint density at radius 3 is 1.78 bits per heavy atom. The summed E-state index contributed by atoms with van der Waals surface area (Å²) in [5, 5.41) is -0.675. The number of hydrogen-bond donors (Lipinski definition) is 0. The van der Waals surface area contributed by atoms with Crippen LogP contribution in [-0.4, -0.2) is 0 Å². The summed E-state index contributed by atoms with van der Waals surface area (Å²) in [6.07, 6.45) is -9.75. The highest BCUT2D eigenvalue weighted by Gasteiger charge is 2.39. The lowest BCUT2D eigenvalue weighted by atomic mass is 9.97. The Labute approximate surface area is 105 Å². The molecule has 0 saturated heterocycles. The van der Waals surface area contributed by atoms with Crippen LogP contribution in [0.3, 0.4) is 0 Å². The van der Waals surface area contributed by atoms with Gasteiger partial charge in [-0.3, -0.25) is 0 Å². The fraction of sp³-hybridized carbons (Fsp3) is 0.455. The van der Waals surface area contributed by atoms with Crippen LogP contribution in [0.2, 0.25) is 5.02 Å². The molecule has 0 radical (unpaired) electrons. The Hall–Kier alpha value is -0.910. The maximum atomic E-state index is 12.6. The van der Waals surface area contributed by atoms with E-state index in [0.717, 1.165) is 0 Å². The van der Waals surface area contributed by atoms with Gasteiger partial charge in [0.2, 0.25) is 0 Å². The van der Waals surface area contributed by atoms with Crippen molar-refractivity contribution in [2.24, 2.45) is 0 Å². The van der Waals surface area contributed by atoms with Gasteiger partial charge in [-0.1, -0.05) is 25.4 Å². The molecule has 0 nitrogen and oxygen atoms in total. The number of benzene rings is 1. The highest BCUT2D eigenvalue weighted by atomic mass is 35.5. The van der Waals surface area contributed by atoms with Gasteiger partial charge < -0.3 is 0 Å². The molecule has 0 aliphatic heterocycles. The lowest BCUT2D eigenvalue weighted by Gasteiger charge is -2.18. The van der Waals surface area contributed by atoms with E-state index in [1.807, 2.05) is 0 Å².